The number of allylic oxidation sites excluding steroid dienone is 4. The van der Waals surface area contributed by atoms with E-state index in [1.807, 2.05) is 12.3 Å². The Labute approximate surface area is 101 Å². The molecule has 1 aliphatic rings. The normalized spacial score (nSPS) is 12.0. The fraction of sp³-hybridized carbons (Fsp3) is 0.0833. The second-order valence-corrected chi connectivity index (χ2v) is 2.35. The molecular formula is C12H17NRu. The Morgan fingerprint density at radius 2 is 1.64 bits per heavy atom. The number of hydrogen-bond donors (Lipinski definition) is 1. The van der Waals surface area contributed by atoms with Gasteiger partial charge < -0.3 is 27.3 Å². The molecule has 2 rings (SSSR count). The van der Waals surface area contributed by atoms with Crippen LogP contribution in [0.15, 0.2) is 36.6 Å². The van der Waals surface area contributed by atoms with Crippen LogP contribution in [0.2, 0.25) is 0 Å². The smallest absolute Gasteiger partial charge is 0.484 e. The average Bonchev–Trinajstić information content (AvgIpc) is 2.59. The Morgan fingerprint density at radius 3 is 2.07 bits per heavy atom. The fourth-order valence-electron chi connectivity index (χ4n) is 1.13. The van der Waals surface area contributed by atoms with Crippen molar-refractivity contribution in [2.24, 2.45) is 0 Å². The molecule has 1 N–H and O–H groups in total. The van der Waals surface area contributed by atoms with E-state index in [9.17, 15) is 0 Å². The van der Waals surface area contributed by atoms with Crippen LogP contribution in [0.1, 0.15) is 11.5 Å². The molecule has 1 aromatic rings. The SMILES string of the molecule is [CH3-].[CH3-].[CH3-].[Ru+4].[c-]1[nH]ccc1C1C=CC=C1. The molecule has 0 saturated carbocycles. The number of hydrogen-bond acceptors (Lipinski definition) is 0. The molecule has 0 aliphatic heterocycles. The summed E-state index contributed by atoms with van der Waals surface area (Å²) < 4.78 is 0. The summed E-state index contributed by atoms with van der Waals surface area (Å²) >= 11 is 0. The zero-order valence-corrected chi connectivity index (χ0v) is 10.6. The first-order chi connectivity index (χ1) is 4.97. The van der Waals surface area contributed by atoms with E-state index in [4.69, 9.17) is 0 Å². The molecule has 0 saturated heterocycles. The number of aromatic amines is 1. The van der Waals surface area contributed by atoms with Crippen LogP contribution in [0, 0.1) is 28.5 Å². The van der Waals surface area contributed by atoms with Crippen LogP contribution in [-0.2, 0) is 19.5 Å². The molecule has 0 aromatic carbocycles. The Bertz CT molecular complexity index is 248. The van der Waals surface area contributed by atoms with Gasteiger partial charge in [-0.05, 0) is 5.92 Å². The molecule has 14 heavy (non-hydrogen) atoms. The first-order valence-corrected chi connectivity index (χ1v) is 3.37. The maximum absolute atomic E-state index is 3.05. The number of rotatable bonds is 1. The topological polar surface area (TPSA) is 15.8 Å². The van der Waals surface area contributed by atoms with E-state index in [1.165, 1.54) is 5.56 Å². The molecule has 0 bridgehead atoms. The number of H-pyrrole nitrogens is 1. The molecule has 0 spiro atoms. The van der Waals surface area contributed by atoms with Gasteiger partial charge >= 0.3 is 19.5 Å². The zero-order valence-electron chi connectivity index (χ0n) is 8.90. The first kappa shape index (κ1) is 19.0. The third kappa shape index (κ3) is 4.06. The minimum absolute atomic E-state index is 0. The average molecular weight is 276 g/mol. The van der Waals surface area contributed by atoms with Crippen LogP contribution in [0.5, 0.6) is 0 Å². The first-order valence-electron chi connectivity index (χ1n) is 3.37. The minimum atomic E-state index is 0. The molecule has 1 nitrogen and oxygen atoms in total. The summed E-state index contributed by atoms with van der Waals surface area (Å²) in [6.07, 6.45) is 13.4. The van der Waals surface area contributed by atoms with Gasteiger partial charge in [-0.1, -0.05) is 24.3 Å². The summed E-state index contributed by atoms with van der Waals surface area (Å²) in [5.41, 5.74) is 1.21. The zero-order chi connectivity index (χ0) is 6.81. The van der Waals surface area contributed by atoms with Crippen molar-refractivity contribution < 1.29 is 19.5 Å². The Morgan fingerprint density at radius 1 is 1.07 bits per heavy atom. The summed E-state index contributed by atoms with van der Waals surface area (Å²) in [4.78, 5) is 2.91. The van der Waals surface area contributed by atoms with Crippen molar-refractivity contribution in [2.75, 3.05) is 0 Å². The summed E-state index contributed by atoms with van der Waals surface area (Å²) in [7, 11) is 0. The van der Waals surface area contributed by atoms with Crippen molar-refractivity contribution in [3.63, 3.8) is 0 Å². The van der Waals surface area contributed by atoms with Gasteiger partial charge in [0.2, 0.25) is 0 Å². The largest absolute Gasteiger partial charge is 4.00 e. The van der Waals surface area contributed by atoms with Crippen molar-refractivity contribution in [1.29, 1.82) is 0 Å². The quantitative estimate of drug-likeness (QED) is 0.598. The van der Waals surface area contributed by atoms with Gasteiger partial charge in [-0.15, -0.1) is 11.8 Å². The van der Waals surface area contributed by atoms with E-state index in [0.29, 0.717) is 5.92 Å². The minimum Gasteiger partial charge on any atom is -0.484 e. The Balaban J connectivity index is -0.000000302. The molecule has 78 valence electrons. The van der Waals surface area contributed by atoms with Crippen LogP contribution in [0.25, 0.3) is 0 Å². The summed E-state index contributed by atoms with van der Waals surface area (Å²) in [5.74, 6) is 0.450. The van der Waals surface area contributed by atoms with Crippen LogP contribution < -0.4 is 0 Å². The van der Waals surface area contributed by atoms with Gasteiger partial charge in [0.1, 0.15) is 0 Å². The number of nitrogens with one attached hydrogen (secondary N) is 1. The molecule has 0 fully saturated rings. The van der Waals surface area contributed by atoms with E-state index in [0.717, 1.165) is 0 Å². The fourth-order valence-corrected chi connectivity index (χ4v) is 1.13. The summed E-state index contributed by atoms with van der Waals surface area (Å²) in [5, 5.41) is 0. The second-order valence-electron chi connectivity index (χ2n) is 2.35. The maximum Gasteiger partial charge on any atom is 4.00 e. The van der Waals surface area contributed by atoms with Crippen LogP contribution in [0.3, 0.4) is 0 Å². The second kappa shape index (κ2) is 8.96. The van der Waals surface area contributed by atoms with E-state index in [1.54, 1.807) is 0 Å². The van der Waals surface area contributed by atoms with E-state index >= 15 is 0 Å². The predicted molar refractivity (Wildman–Crippen MR) is 59.9 cm³/mol. The molecule has 0 atom stereocenters. The Hall–Kier alpha value is -0.617. The van der Waals surface area contributed by atoms with E-state index in [2.05, 4.69) is 35.5 Å². The van der Waals surface area contributed by atoms with Crippen molar-refractivity contribution in [2.45, 2.75) is 5.92 Å². The van der Waals surface area contributed by atoms with Crippen molar-refractivity contribution in [1.82, 2.24) is 4.98 Å². The third-order valence-electron chi connectivity index (χ3n) is 1.67. The molecule has 1 aromatic heterocycles. The van der Waals surface area contributed by atoms with E-state index < -0.39 is 0 Å². The summed E-state index contributed by atoms with van der Waals surface area (Å²) in [6, 6.07) is 2.05. The molecular weight excluding hydrogens is 259 g/mol. The molecule has 2 heteroatoms. The standard InChI is InChI=1S/C9H8N.3CH3.Ru/c1-2-4-8(3-1)9-5-6-10-7-9;;;;/h1-6,8,10H;3*1H3;/q4*-1;+4. The van der Waals surface area contributed by atoms with Gasteiger partial charge in [-0.3, -0.25) is 0 Å². The summed E-state index contributed by atoms with van der Waals surface area (Å²) in [6.45, 7) is 0. The molecule has 1 aliphatic carbocycles. The monoisotopic (exact) mass is 277 g/mol. The van der Waals surface area contributed by atoms with Gasteiger partial charge in [-0.2, -0.15) is 12.3 Å². The van der Waals surface area contributed by atoms with Crippen molar-refractivity contribution in [3.8, 4) is 0 Å². The van der Waals surface area contributed by atoms with Crippen molar-refractivity contribution in [3.05, 3.63) is 70.6 Å². The van der Waals surface area contributed by atoms with Crippen LogP contribution in [0.4, 0.5) is 0 Å². The van der Waals surface area contributed by atoms with E-state index in [-0.39, 0.29) is 41.8 Å². The van der Waals surface area contributed by atoms with Crippen molar-refractivity contribution >= 4 is 0 Å². The van der Waals surface area contributed by atoms with Gasteiger partial charge in [0.15, 0.2) is 0 Å². The van der Waals surface area contributed by atoms with Gasteiger partial charge in [0.25, 0.3) is 0 Å². The van der Waals surface area contributed by atoms with Crippen LogP contribution in [-0.4, -0.2) is 4.98 Å². The van der Waals surface area contributed by atoms with Gasteiger partial charge in [-0.25, -0.2) is 0 Å². The molecule has 0 radical (unpaired) electrons. The van der Waals surface area contributed by atoms with Crippen LogP contribution >= 0.6 is 0 Å². The predicted octanol–water partition coefficient (Wildman–Crippen LogP) is 3.37. The molecule has 1 heterocycles. The third-order valence-corrected chi connectivity index (χ3v) is 1.67. The van der Waals surface area contributed by atoms with Gasteiger partial charge in [0.05, 0.1) is 0 Å². The Kier molecular flexibility index (Phi) is 12.2. The number of aromatic nitrogens is 1. The van der Waals surface area contributed by atoms with Gasteiger partial charge in [0, 0.05) is 0 Å². The molecule has 0 amide bonds. The molecule has 0 unspecified atom stereocenters. The maximum atomic E-state index is 3.05.